The molecular formula is C9H17N3O2S. The number of nitrogens with one attached hydrogen (secondary N) is 3. The van der Waals surface area contributed by atoms with E-state index in [2.05, 4.69) is 16.2 Å². The number of ether oxygens (including phenoxy) is 1. The molecule has 0 saturated heterocycles. The van der Waals surface area contributed by atoms with Gasteiger partial charge in [0, 0.05) is 19.1 Å². The van der Waals surface area contributed by atoms with Crippen LogP contribution < -0.4 is 16.2 Å². The van der Waals surface area contributed by atoms with Gasteiger partial charge in [-0.2, -0.15) is 0 Å². The van der Waals surface area contributed by atoms with Crippen LogP contribution in [-0.4, -0.2) is 30.8 Å². The number of carbonyl (C=O) groups excluding carboxylic acids is 1. The molecule has 1 rings (SSSR count). The van der Waals surface area contributed by atoms with Crippen molar-refractivity contribution in [1.82, 2.24) is 16.2 Å². The molecule has 0 aromatic heterocycles. The lowest BCUT2D eigenvalue weighted by Gasteiger charge is -2.16. The quantitative estimate of drug-likeness (QED) is 0.467. The van der Waals surface area contributed by atoms with Gasteiger partial charge in [-0.15, -0.1) is 0 Å². The molecule has 86 valence electrons. The summed E-state index contributed by atoms with van der Waals surface area (Å²) in [6.07, 6.45) is 1.96. The molecule has 0 radical (unpaired) electrons. The Bertz CT molecular complexity index is 244. The van der Waals surface area contributed by atoms with Crippen LogP contribution in [0.15, 0.2) is 0 Å². The minimum absolute atomic E-state index is 0.0125. The third-order valence-electron chi connectivity index (χ3n) is 2.04. The Morgan fingerprint density at radius 3 is 2.73 bits per heavy atom. The molecule has 5 nitrogen and oxygen atoms in total. The van der Waals surface area contributed by atoms with Crippen molar-refractivity contribution < 1.29 is 9.53 Å². The molecule has 1 atom stereocenters. The summed E-state index contributed by atoms with van der Waals surface area (Å²) in [5.74, 6) is 0.190. The second-order valence-electron chi connectivity index (χ2n) is 3.72. The van der Waals surface area contributed by atoms with E-state index in [1.165, 1.54) is 0 Å². The first kappa shape index (κ1) is 12.2. The fraction of sp³-hybridized carbons (Fsp3) is 0.778. The van der Waals surface area contributed by atoms with Crippen molar-refractivity contribution in [3.63, 3.8) is 0 Å². The van der Waals surface area contributed by atoms with E-state index in [-0.39, 0.29) is 17.9 Å². The van der Waals surface area contributed by atoms with Crippen molar-refractivity contribution >= 4 is 23.2 Å². The molecule has 1 unspecified atom stereocenters. The van der Waals surface area contributed by atoms with Crippen LogP contribution in [0.3, 0.4) is 0 Å². The molecule has 0 aromatic rings. The zero-order valence-corrected chi connectivity index (χ0v) is 9.82. The van der Waals surface area contributed by atoms with Gasteiger partial charge in [-0.05, 0) is 32.0 Å². The van der Waals surface area contributed by atoms with Gasteiger partial charge in [-0.3, -0.25) is 15.6 Å². The highest BCUT2D eigenvalue weighted by atomic mass is 32.1. The number of hydrogen-bond acceptors (Lipinski definition) is 3. The van der Waals surface area contributed by atoms with Crippen LogP contribution in [0.25, 0.3) is 0 Å². The number of hydrazine groups is 1. The monoisotopic (exact) mass is 231 g/mol. The maximum absolute atomic E-state index is 11.2. The highest BCUT2D eigenvalue weighted by molar-refractivity contribution is 7.80. The van der Waals surface area contributed by atoms with Crippen LogP contribution in [0.4, 0.5) is 0 Å². The van der Waals surface area contributed by atoms with Crippen molar-refractivity contribution in [3.8, 4) is 0 Å². The fourth-order valence-electron chi connectivity index (χ4n) is 1.12. The second kappa shape index (κ2) is 5.87. The minimum Gasteiger partial charge on any atom is -0.383 e. The number of amides is 1. The molecule has 1 aliphatic rings. The molecule has 0 bridgehead atoms. The molecule has 1 saturated carbocycles. The first-order valence-electron chi connectivity index (χ1n) is 4.98. The van der Waals surface area contributed by atoms with Crippen LogP contribution in [-0.2, 0) is 9.53 Å². The summed E-state index contributed by atoms with van der Waals surface area (Å²) in [7, 11) is 1.63. The third kappa shape index (κ3) is 4.94. The Hall–Kier alpha value is -0.880. The van der Waals surface area contributed by atoms with E-state index in [1.54, 1.807) is 7.11 Å². The van der Waals surface area contributed by atoms with E-state index in [0.29, 0.717) is 11.7 Å². The van der Waals surface area contributed by atoms with Crippen molar-refractivity contribution in [1.29, 1.82) is 0 Å². The van der Waals surface area contributed by atoms with Crippen LogP contribution in [0.2, 0.25) is 0 Å². The SMILES string of the molecule is COCC(C)NC(=S)NNC(=O)C1CC1. The van der Waals surface area contributed by atoms with Gasteiger partial charge in [-0.25, -0.2) is 0 Å². The molecule has 0 spiro atoms. The van der Waals surface area contributed by atoms with Crippen molar-refractivity contribution in [3.05, 3.63) is 0 Å². The van der Waals surface area contributed by atoms with Gasteiger partial charge in [0.15, 0.2) is 5.11 Å². The molecular weight excluding hydrogens is 214 g/mol. The average molecular weight is 231 g/mol. The Balaban J connectivity index is 2.09. The molecule has 1 fully saturated rings. The highest BCUT2D eigenvalue weighted by Crippen LogP contribution is 2.28. The van der Waals surface area contributed by atoms with Crippen LogP contribution in [0.1, 0.15) is 19.8 Å². The van der Waals surface area contributed by atoms with Crippen LogP contribution in [0.5, 0.6) is 0 Å². The molecule has 0 heterocycles. The minimum atomic E-state index is 0.0125. The Labute approximate surface area is 94.9 Å². The summed E-state index contributed by atoms with van der Waals surface area (Å²) in [6.45, 7) is 2.51. The van der Waals surface area contributed by atoms with Crippen molar-refractivity contribution in [2.24, 2.45) is 5.92 Å². The average Bonchev–Trinajstić information content (AvgIpc) is 2.97. The van der Waals surface area contributed by atoms with E-state index in [0.717, 1.165) is 12.8 Å². The molecule has 0 aliphatic heterocycles. The fourth-order valence-corrected chi connectivity index (χ4v) is 1.37. The third-order valence-corrected chi connectivity index (χ3v) is 2.26. The number of thiocarbonyl (C=S) groups is 1. The van der Waals surface area contributed by atoms with Gasteiger partial charge in [0.25, 0.3) is 0 Å². The van der Waals surface area contributed by atoms with E-state index in [1.807, 2.05) is 6.92 Å². The van der Waals surface area contributed by atoms with Gasteiger partial charge < -0.3 is 10.1 Å². The summed E-state index contributed by atoms with van der Waals surface area (Å²) in [6, 6.07) is 0.118. The number of rotatable bonds is 4. The first-order chi connectivity index (χ1) is 7.13. The summed E-state index contributed by atoms with van der Waals surface area (Å²) >= 11 is 4.98. The number of hydrogen-bond donors (Lipinski definition) is 3. The normalized spacial score (nSPS) is 16.7. The predicted octanol–water partition coefficient (Wildman–Crippen LogP) is -0.0734. The number of carbonyl (C=O) groups is 1. The summed E-state index contributed by atoms with van der Waals surface area (Å²) in [4.78, 5) is 11.2. The Morgan fingerprint density at radius 2 is 2.20 bits per heavy atom. The lowest BCUT2D eigenvalue weighted by molar-refractivity contribution is -0.122. The molecule has 0 aromatic carbocycles. The van der Waals surface area contributed by atoms with Crippen molar-refractivity contribution in [2.45, 2.75) is 25.8 Å². The highest BCUT2D eigenvalue weighted by Gasteiger charge is 2.29. The van der Waals surface area contributed by atoms with Gasteiger partial charge in [-0.1, -0.05) is 0 Å². The predicted molar refractivity (Wildman–Crippen MR) is 61.1 cm³/mol. The van der Waals surface area contributed by atoms with Gasteiger partial charge in [0.1, 0.15) is 0 Å². The van der Waals surface area contributed by atoms with Gasteiger partial charge in [0.2, 0.25) is 5.91 Å². The lowest BCUT2D eigenvalue weighted by Crippen LogP contribution is -2.50. The van der Waals surface area contributed by atoms with Crippen molar-refractivity contribution in [2.75, 3.05) is 13.7 Å². The molecule has 1 amide bonds. The molecule has 1 aliphatic carbocycles. The van der Waals surface area contributed by atoms with E-state index >= 15 is 0 Å². The Morgan fingerprint density at radius 1 is 1.53 bits per heavy atom. The first-order valence-corrected chi connectivity index (χ1v) is 5.39. The van der Waals surface area contributed by atoms with E-state index < -0.39 is 0 Å². The Kier molecular flexibility index (Phi) is 4.77. The molecule has 15 heavy (non-hydrogen) atoms. The van der Waals surface area contributed by atoms with Gasteiger partial charge in [0.05, 0.1) is 6.61 Å². The van der Waals surface area contributed by atoms with E-state index in [9.17, 15) is 4.79 Å². The standard InChI is InChI=1S/C9H17N3O2S/c1-6(5-14-2)10-9(15)12-11-8(13)7-3-4-7/h6-7H,3-5H2,1-2H3,(H,11,13)(H2,10,12,15). The smallest absolute Gasteiger partial charge is 0.241 e. The lowest BCUT2D eigenvalue weighted by atomic mass is 10.4. The van der Waals surface area contributed by atoms with E-state index in [4.69, 9.17) is 17.0 Å². The largest absolute Gasteiger partial charge is 0.383 e. The maximum Gasteiger partial charge on any atom is 0.241 e. The maximum atomic E-state index is 11.2. The second-order valence-corrected chi connectivity index (χ2v) is 4.13. The molecule has 3 N–H and O–H groups in total. The number of methoxy groups -OCH3 is 1. The van der Waals surface area contributed by atoms with Gasteiger partial charge >= 0.3 is 0 Å². The summed E-state index contributed by atoms with van der Waals surface area (Å²) in [5.41, 5.74) is 5.22. The summed E-state index contributed by atoms with van der Waals surface area (Å²) < 4.78 is 4.94. The van der Waals surface area contributed by atoms with Crippen LogP contribution in [0, 0.1) is 5.92 Å². The molecule has 6 heteroatoms. The zero-order chi connectivity index (χ0) is 11.3. The zero-order valence-electron chi connectivity index (χ0n) is 9.00. The summed E-state index contributed by atoms with van der Waals surface area (Å²) in [5, 5.41) is 3.39. The van der Waals surface area contributed by atoms with Crippen LogP contribution >= 0.6 is 12.2 Å². The topological polar surface area (TPSA) is 62.4 Å².